The molecule has 29 heavy (non-hydrogen) atoms. The third-order valence-electron chi connectivity index (χ3n) is 5.84. The topological polar surface area (TPSA) is 66.5 Å². The van der Waals surface area contributed by atoms with Gasteiger partial charge in [0.05, 0.1) is 23.1 Å². The van der Waals surface area contributed by atoms with Crippen molar-refractivity contribution in [2.75, 3.05) is 10.2 Å². The van der Waals surface area contributed by atoms with Crippen LogP contribution in [-0.2, 0) is 9.59 Å². The lowest BCUT2D eigenvalue weighted by atomic mass is 9.82. The number of benzene rings is 2. The molecule has 2 aromatic carbocycles. The Morgan fingerprint density at radius 1 is 1.00 bits per heavy atom. The number of carbonyl (C=O) groups is 3. The zero-order chi connectivity index (χ0) is 20.7. The number of hydrogen-bond donors (Lipinski definition) is 1. The predicted molar refractivity (Wildman–Crippen MR) is 113 cm³/mol. The molecule has 1 fully saturated rings. The van der Waals surface area contributed by atoms with Crippen LogP contribution >= 0.6 is 0 Å². The highest BCUT2D eigenvalue weighted by molar-refractivity contribution is 6.25. The number of carbonyl (C=O) groups excluding carboxylic acids is 3. The van der Waals surface area contributed by atoms with Crippen LogP contribution in [0.4, 0.5) is 11.4 Å². The summed E-state index contributed by atoms with van der Waals surface area (Å²) in [6, 6.07) is 12.6. The van der Waals surface area contributed by atoms with Gasteiger partial charge in [-0.05, 0) is 57.4 Å². The van der Waals surface area contributed by atoms with Crippen molar-refractivity contribution in [3.05, 3.63) is 70.8 Å². The fourth-order valence-electron chi connectivity index (χ4n) is 4.28. The zero-order valence-electron chi connectivity index (χ0n) is 16.9. The molecule has 1 heterocycles. The van der Waals surface area contributed by atoms with Crippen molar-refractivity contribution < 1.29 is 14.4 Å². The Labute approximate surface area is 170 Å². The Morgan fingerprint density at radius 2 is 1.72 bits per heavy atom. The Hall–Kier alpha value is -3.21. The summed E-state index contributed by atoms with van der Waals surface area (Å²) in [6.07, 6.45) is 3.21. The highest BCUT2D eigenvalue weighted by atomic mass is 16.2. The monoisotopic (exact) mass is 388 g/mol. The quantitative estimate of drug-likeness (QED) is 0.626. The Morgan fingerprint density at radius 3 is 2.48 bits per heavy atom. The molecule has 0 bridgehead atoms. The van der Waals surface area contributed by atoms with E-state index in [-0.39, 0.29) is 29.6 Å². The number of fused-ring (bicyclic) bond motifs is 1. The summed E-state index contributed by atoms with van der Waals surface area (Å²) in [6.45, 7) is 5.92. The van der Waals surface area contributed by atoms with Crippen LogP contribution in [0.1, 0.15) is 41.3 Å². The van der Waals surface area contributed by atoms with Crippen LogP contribution in [0.5, 0.6) is 0 Å². The number of aryl methyl sites for hydroxylation is 2. The molecule has 3 amide bonds. The predicted octanol–water partition coefficient (Wildman–Crippen LogP) is 4.40. The lowest BCUT2D eigenvalue weighted by Crippen LogP contribution is -2.33. The number of imide groups is 1. The molecule has 4 rings (SSSR count). The molecule has 148 valence electrons. The van der Waals surface area contributed by atoms with Crippen molar-refractivity contribution in [3.8, 4) is 0 Å². The van der Waals surface area contributed by atoms with E-state index in [1.54, 1.807) is 24.3 Å². The van der Waals surface area contributed by atoms with Crippen molar-refractivity contribution in [1.82, 2.24) is 0 Å². The number of nitrogens with zero attached hydrogens (tertiary/aromatic N) is 1. The average molecular weight is 388 g/mol. The molecule has 5 nitrogen and oxygen atoms in total. The second kappa shape index (κ2) is 7.32. The van der Waals surface area contributed by atoms with Gasteiger partial charge >= 0.3 is 0 Å². The smallest absolute Gasteiger partial charge is 0.257 e. The molecule has 0 aromatic heterocycles. The van der Waals surface area contributed by atoms with Crippen LogP contribution in [0, 0.1) is 25.7 Å². The third kappa shape index (κ3) is 3.37. The lowest BCUT2D eigenvalue weighted by molar-refractivity contribution is -0.122. The van der Waals surface area contributed by atoms with Crippen LogP contribution < -0.4 is 10.2 Å². The molecule has 1 saturated heterocycles. The van der Waals surface area contributed by atoms with Crippen molar-refractivity contribution >= 4 is 29.1 Å². The van der Waals surface area contributed by atoms with E-state index in [9.17, 15) is 14.4 Å². The summed E-state index contributed by atoms with van der Waals surface area (Å²) in [5.41, 5.74) is 4.59. The van der Waals surface area contributed by atoms with E-state index < -0.39 is 0 Å². The first-order valence-corrected chi connectivity index (χ1v) is 9.88. The highest BCUT2D eigenvalue weighted by Crippen LogP contribution is 2.40. The van der Waals surface area contributed by atoms with Gasteiger partial charge in [0.1, 0.15) is 0 Å². The third-order valence-corrected chi connectivity index (χ3v) is 5.84. The summed E-state index contributed by atoms with van der Waals surface area (Å²) in [4.78, 5) is 40.4. The number of anilines is 2. The molecule has 1 aliphatic carbocycles. The van der Waals surface area contributed by atoms with E-state index in [1.807, 2.05) is 45.0 Å². The molecule has 5 heteroatoms. The van der Waals surface area contributed by atoms with Gasteiger partial charge in [-0.3, -0.25) is 14.4 Å². The largest absolute Gasteiger partial charge is 0.322 e. The highest BCUT2D eigenvalue weighted by Gasteiger charge is 2.49. The SMILES string of the molecule is CC1=CC[C@H]2C(=O)N(c3ccccc3C(=O)Nc3ccc(C)cc3C)C(=O)[C@@H]2C1. The van der Waals surface area contributed by atoms with Gasteiger partial charge in [-0.1, -0.05) is 41.5 Å². The van der Waals surface area contributed by atoms with Gasteiger partial charge in [-0.15, -0.1) is 0 Å². The maximum absolute atomic E-state index is 13.1. The average Bonchev–Trinajstić information content (AvgIpc) is 2.94. The maximum atomic E-state index is 13.1. The first-order chi connectivity index (χ1) is 13.9. The summed E-state index contributed by atoms with van der Waals surface area (Å²) in [5.74, 6) is -1.42. The van der Waals surface area contributed by atoms with E-state index in [2.05, 4.69) is 5.32 Å². The Kier molecular flexibility index (Phi) is 4.82. The maximum Gasteiger partial charge on any atom is 0.257 e. The molecule has 0 saturated carbocycles. The van der Waals surface area contributed by atoms with Crippen molar-refractivity contribution in [2.45, 2.75) is 33.6 Å². The summed E-state index contributed by atoms with van der Waals surface area (Å²) < 4.78 is 0. The number of allylic oxidation sites excluding steroid dienone is 2. The number of amides is 3. The molecule has 0 spiro atoms. The molecule has 0 unspecified atom stereocenters. The van der Waals surface area contributed by atoms with Crippen molar-refractivity contribution in [1.29, 1.82) is 0 Å². The van der Waals surface area contributed by atoms with Crippen LogP contribution in [-0.4, -0.2) is 17.7 Å². The van der Waals surface area contributed by atoms with Gasteiger partial charge in [0.2, 0.25) is 11.8 Å². The van der Waals surface area contributed by atoms with E-state index in [0.29, 0.717) is 29.8 Å². The fourth-order valence-corrected chi connectivity index (χ4v) is 4.28. The van der Waals surface area contributed by atoms with Crippen LogP contribution in [0.3, 0.4) is 0 Å². The Balaban J connectivity index is 1.66. The minimum absolute atomic E-state index is 0.209. The van der Waals surface area contributed by atoms with Gasteiger partial charge in [0.15, 0.2) is 0 Å². The summed E-state index contributed by atoms with van der Waals surface area (Å²) in [7, 11) is 0. The van der Waals surface area contributed by atoms with E-state index >= 15 is 0 Å². The van der Waals surface area contributed by atoms with Gasteiger partial charge in [0, 0.05) is 5.69 Å². The van der Waals surface area contributed by atoms with Crippen molar-refractivity contribution in [2.24, 2.45) is 11.8 Å². The molecule has 2 aromatic rings. The van der Waals surface area contributed by atoms with Crippen molar-refractivity contribution in [3.63, 3.8) is 0 Å². The fraction of sp³-hybridized carbons (Fsp3) is 0.292. The number of rotatable bonds is 3. The van der Waals surface area contributed by atoms with Gasteiger partial charge in [-0.2, -0.15) is 0 Å². The van der Waals surface area contributed by atoms with Gasteiger partial charge in [0.25, 0.3) is 5.91 Å². The van der Waals surface area contributed by atoms with E-state index in [1.165, 1.54) is 4.90 Å². The lowest BCUT2D eigenvalue weighted by Gasteiger charge is -2.19. The molecular formula is C24H24N2O3. The minimum atomic E-state index is -0.336. The van der Waals surface area contributed by atoms with Gasteiger partial charge < -0.3 is 5.32 Å². The Bertz CT molecular complexity index is 1050. The molecule has 1 aliphatic heterocycles. The second-order valence-corrected chi connectivity index (χ2v) is 8.00. The minimum Gasteiger partial charge on any atom is -0.322 e. The molecule has 1 N–H and O–H groups in total. The molecule has 2 aliphatic rings. The number of para-hydroxylation sites is 1. The second-order valence-electron chi connectivity index (χ2n) is 8.00. The molecule has 0 radical (unpaired) electrons. The first kappa shape index (κ1) is 19.1. The van der Waals surface area contributed by atoms with Gasteiger partial charge in [-0.25, -0.2) is 4.90 Å². The van der Waals surface area contributed by atoms with Crippen LogP contribution in [0.25, 0.3) is 0 Å². The zero-order valence-corrected chi connectivity index (χ0v) is 16.9. The number of nitrogens with one attached hydrogen (secondary N) is 1. The summed E-state index contributed by atoms with van der Waals surface area (Å²) in [5, 5.41) is 2.92. The standard InChI is InChI=1S/C24H24N2O3/c1-14-9-11-20(16(3)12-14)25-22(27)18-6-4-5-7-21(18)26-23(28)17-10-8-15(2)13-19(17)24(26)29/h4-9,11-12,17,19H,10,13H2,1-3H3,(H,25,27)/t17-,19-/m1/s1. The molecule has 2 atom stereocenters. The first-order valence-electron chi connectivity index (χ1n) is 9.88. The van der Waals surface area contributed by atoms with E-state index in [0.717, 1.165) is 16.7 Å². The van der Waals surface area contributed by atoms with Crippen LogP contribution in [0.15, 0.2) is 54.1 Å². The normalized spacial score (nSPS) is 21.1. The van der Waals surface area contributed by atoms with Crippen LogP contribution in [0.2, 0.25) is 0 Å². The number of hydrogen-bond acceptors (Lipinski definition) is 3. The summed E-state index contributed by atoms with van der Waals surface area (Å²) >= 11 is 0. The van der Waals surface area contributed by atoms with E-state index in [4.69, 9.17) is 0 Å². The molecular weight excluding hydrogens is 364 g/mol.